The molecule has 1 aliphatic heterocycles. The van der Waals surface area contributed by atoms with Crippen molar-refractivity contribution < 1.29 is 0 Å². The average Bonchev–Trinajstić information content (AvgIpc) is 2.05. The molecule has 1 nitrogen and oxygen atoms in total. The van der Waals surface area contributed by atoms with Gasteiger partial charge in [0.25, 0.3) is 0 Å². The molecule has 0 aromatic rings. The number of rotatable bonds is 2. The molecule has 0 saturated carbocycles. The van der Waals surface area contributed by atoms with Crippen molar-refractivity contribution in [3.05, 3.63) is 0 Å². The molecule has 0 unspecified atom stereocenters. The summed E-state index contributed by atoms with van der Waals surface area (Å²) < 4.78 is 0.837. The second-order valence-corrected chi connectivity index (χ2v) is 8.17. The summed E-state index contributed by atoms with van der Waals surface area (Å²) in [6, 6.07) is 0. The smallest absolute Gasteiger partial charge is 0.0655 e. The lowest BCUT2D eigenvalue weighted by molar-refractivity contribution is 0.203. The highest BCUT2D eigenvalue weighted by molar-refractivity contribution is 14.2. The molecule has 0 amide bonds. The summed E-state index contributed by atoms with van der Waals surface area (Å²) in [5, 5.41) is 0. The fraction of sp³-hybridized carbons (Fsp3) is 1.00. The molecule has 1 rings (SSSR count). The Bertz CT molecular complexity index is 109. The summed E-state index contributed by atoms with van der Waals surface area (Å²) in [7, 11) is 0. The first-order valence-corrected chi connectivity index (χ1v) is 6.73. The van der Waals surface area contributed by atoms with E-state index in [4.69, 9.17) is 0 Å². The van der Waals surface area contributed by atoms with Crippen molar-refractivity contribution in [2.24, 2.45) is 5.92 Å². The van der Waals surface area contributed by atoms with E-state index in [-0.39, 0.29) is 0 Å². The van der Waals surface area contributed by atoms with Crippen LogP contribution in [0.4, 0.5) is 0 Å². The first-order chi connectivity index (χ1) is 5.24. The van der Waals surface area contributed by atoms with E-state index >= 15 is 0 Å². The fourth-order valence-electron chi connectivity index (χ4n) is 1.52. The van der Waals surface area contributed by atoms with Crippen LogP contribution in [0.3, 0.4) is 0 Å². The van der Waals surface area contributed by atoms with Gasteiger partial charge in [-0.3, -0.25) is 0 Å². The van der Waals surface area contributed by atoms with Crippen molar-refractivity contribution in [2.75, 3.05) is 19.6 Å². The number of hydrogen-bond donors (Lipinski definition) is 0. The zero-order valence-corrected chi connectivity index (χ0v) is 11.2. The van der Waals surface area contributed by atoms with E-state index in [1.165, 1.54) is 32.5 Å². The number of piperidine rings is 1. The van der Waals surface area contributed by atoms with Crippen molar-refractivity contribution in [2.45, 2.75) is 21.7 Å². The van der Waals surface area contributed by atoms with Crippen LogP contribution in [0.1, 0.15) is 19.8 Å². The quantitative estimate of drug-likeness (QED) is 0.527. The summed E-state index contributed by atoms with van der Waals surface area (Å²) >= 11 is 5.10. The highest BCUT2D eigenvalue weighted by Gasteiger charge is 2.21. The second-order valence-electron chi connectivity index (χ2n) is 3.11. The van der Waals surface area contributed by atoms with E-state index in [1.54, 1.807) is 0 Å². The zero-order valence-electron chi connectivity index (χ0n) is 6.89. The maximum absolute atomic E-state index is 2.55. The molecule has 0 aromatic carbocycles. The van der Waals surface area contributed by atoms with Gasteiger partial charge < -0.3 is 4.90 Å². The van der Waals surface area contributed by atoms with E-state index in [1.807, 2.05) is 0 Å². The van der Waals surface area contributed by atoms with E-state index in [9.17, 15) is 0 Å². The lowest BCUT2D eigenvalue weighted by atomic mass is 9.99. The van der Waals surface area contributed by atoms with E-state index in [2.05, 4.69) is 57.0 Å². The van der Waals surface area contributed by atoms with Crippen molar-refractivity contribution in [1.29, 1.82) is 0 Å². The maximum atomic E-state index is 2.55. The van der Waals surface area contributed by atoms with Crippen LogP contribution in [-0.2, 0) is 0 Å². The number of nitrogens with zero attached hydrogens (tertiary/aromatic N) is 1. The van der Waals surface area contributed by atoms with Gasteiger partial charge in [0.15, 0.2) is 0 Å². The van der Waals surface area contributed by atoms with Gasteiger partial charge in [0, 0.05) is 0 Å². The van der Waals surface area contributed by atoms with Gasteiger partial charge in [-0.1, -0.05) is 52.1 Å². The molecule has 11 heavy (non-hydrogen) atoms. The van der Waals surface area contributed by atoms with E-state index in [0.29, 0.717) is 0 Å². The Kier molecular flexibility index (Phi) is 4.98. The van der Waals surface area contributed by atoms with Crippen molar-refractivity contribution >= 4 is 45.2 Å². The maximum Gasteiger partial charge on any atom is 0.0655 e. The second kappa shape index (κ2) is 5.21. The zero-order chi connectivity index (χ0) is 8.27. The summed E-state index contributed by atoms with van der Waals surface area (Å²) in [6.45, 7) is 6.14. The normalized spacial score (nSPS) is 22.9. The van der Waals surface area contributed by atoms with Crippen molar-refractivity contribution in [1.82, 2.24) is 4.90 Å². The summed E-state index contributed by atoms with van der Waals surface area (Å²) in [4.78, 5) is 2.55. The van der Waals surface area contributed by atoms with Gasteiger partial charge in [0.1, 0.15) is 0 Å². The largest absolute Gasteiger partial charge is 0.304 e. The molecule has 0 atom stereocenters. The summed E-state index contributed by atoms with van der Waals surface area (Å²) in [5.41, 5.74) is 0. The fourth-order valence-corrected chi connectivity index (χ4v) is 2.96. The van der Waals surface area contributed by atoms with Crippen LogP contribution < -0.4 is 0 Å². The lowest BCUT2D eigenvalue weighted by Gasteiger charge is -2.31. The Hall–Kier alpha value is 1.42. The van der Waals surface area contributed by atoms with Crippen LogP contribution in [-0.4, -0.2) is 26.5 Å². The first kappa shape index (κ1) is 10.5. The molecule has 66 valence electrons. The van der Waals surface area contributed by atoms with Gasteiger partial charge in [0.2, 0.25) is 0 Å². The molecule has 1 saturated heterocycles. The molecule has 1 aliphatic rings. The van der Waals surface area contributed by atoms with Gasteiger partial charge >= 0.3 is 0 Å². The minimum Gasteiger partial charge on any atom is -0.304 e. The van der Waals surface area contributed by atoms with Gasteiger partial charge in [0.05, 0.1) is 1.93 Å². The highest BCUT2D eigenvalue weighted by Crippen LogP contribution is 2.29. The first-order valence-electron chi connectivity index (χ1n) is 4.24. The van der Waals surface area contributed by atoms with E-state index in [0.717, 1.165) is 7.85 Å². The topological polar surface area (TPSA) is 3.24 Å². The number of hydrogen-bond acceptors (Lipinski definition) is 1. The Morgan fingerprint density at radius 2 is 1.91 bits per heavy atom. The van der Waals surface area contributed by atoms with Crippen LogP contribution in [0.2, 0.25) is 0 Å². The molecule has 0 aliphatic carbocycles. The van der Waals surface area contributed by atoms with Crippen LogP contribution >= 0.6 is 45.2 Å². The third kappa shape index (κ3) is 3.34. The number of alkyl halides is 2. The minimum atomic E-state index is 0.837. The van der Waals surface area contributed by atoms with Gasteiger partial charge in [-0.2, -0.15) is 0 Å². The summed E-state index contributed by atoms with van der Waals surface area (Å²) in [6.07, 6.45) is 2.81. The SMILES string of the molecule is CCN1CCC(C(I)I)CC1. The Balaban J connectivity index is 2.24. The standard InChI is InChI=1S/C8H15I2N/c1-2-11-5-3-7(4-6-11)8(9)10/h7-8H,2-6H2,1H3. The van der Waals surface area contributed by atoms with Crippen molar-refractivity contribution in [3.63, 3.8) is 0 Å². The Morgan fingerprint density at radius 1 is 1.36 bits per heavy atom. The molecule has 1 fully saturated rings. The molecule has 0 radical (unpaired) electrons. The minimum absolute atomic E-state index is 0.837. The predicted octanol–water partition coefficient (Wildman–Crippen LogP) is 2.91. The van der Waals surface area contributed by atoms with Crippen LogP contribution in [0, 0.1) is 5.92 Å². The van der Waals surface area contributed by atoms with Gasteiger partial charge in [-0.05, 0) is 38.4 Å². The van der Waals surface area contributed by atoms with Crippen LogP contribution in [0.25, 0.3) is 0 Å². The third-order valence-corrected chi connectivity index (χ3v) is 4.47. The Labute approximate surface area is 96.6 Å². The molecule has 3 heteroatoms. The molecule has 0 bridgehead atoms. The average molecular weight is 379 g/mol. The van der Waals surface area contributed by atoms with Gasteiger partial charge in [-0.15, -0.1) is 0 Å². The van der Waals surface area contributed by atoms with E-state index < -0.39 is 0 Å². The number of likely N-dealkylation sites (tertiary alicyclic amines) is 1. The van der Waals surface area contributed by atoms with Gasteiger partial charge in [-0.25, -0.2) is 0 Å². The predicted molar refractivity (Wildman–Crippen MR) is 66.7 cm³/mol. The monoisotopic (exact) mass is 379 g/mol. The highest BCUT2D eigenvalue weighted by atomic mass is 127. The molecule has 0 spiro atoms. The third-order valence-electron chi connectivity index (χ3n) is 2.44. The molecule has 1 heterocycles. The number of halogens is 2. The molecule has 0 N–H and O–H groups in total. The summed E-state index contributed by atoms with van der Waals surface area (Å²) in [5.74, 6) is 0.971. The van der Waals surface area contributed by atoms with Crippen LogP contribution in [0.15, 0.2) is 0 Å². The van der Waals surface area contributed by atoms with Crippen LogP contribution in [0.5, 0.6) is 0 Å². The molecule has 0 aromatic heterocycles. The lowest BCUT2D eigenvalue weighted by Crippen LogP contribution is -2.34. The molecular formula is C8H15I2N. The molecular weight excluding hydrogens is 364 g/mol. The van der Waals surface area contributed by atoms with Crippen molar-refractivity contribution in [3.8, 4) is 0 Å². The Morgan fingerprint density at radius 3 is 2.27 bits per heavy atom.